The smallest absolute Gasteiger partial charge is 0.119 e. The molecule has 0 amide bonds. The average molecular weight is 235 g/mol. The zero-order valence-corrected chi connectivity index (χ0v) is 10.6. The van der Waals surface area contributed by atoms with Crippen LogP contribution in [0.1, 0.15) is 38.3 Å². The lowest BCUT2D eigenvalue weighted by molar-refractivity contribution is 0.147. The third kappa shape index (κ3) is 2.91. The molecule has 0 aliphatic carbocycles. The van der Waals surface area contributed by atoms with Crippen molar-refractivity contribution >= 4 is 0 Å². The molecule has 1 aromatic carbocycles. The van der Waals surface area contributed by atoms with E-state index in [1.165, 1.54) is 18.9 Å². The number of nitrogens with zero attached hydrogens (tertiary/aromatic N) is 1. The molecule has 2 rings (SSSR count). The summed E-state index contributed by atoms with van der Waals surface area (Å²) < 4.78 is 0. The number of phenols is 2. The molecule has 1 atom stereocenters. The standard InChI is InChI=1S/C14H21NO2/c1-10-3-5-15(6-4-10)11(2)12-7-13(16)9-14(17)8-12/h7-11,16-17H,3-6H2,1-2H3. The maximum atomic E-state index is 9.50. The van der Waals surface area contributed by atoms with Crippen LogP contribution in [0.15, 0.2) is 18.2 Å². The van der Waals surface area contributed by atoms with Crippen LogP contribution in [0.3, 0.4) is 0 Å². The van der Waals surface area contributed by atoms with Gasteiger partial charge in [-0.2, -0.15) is 0 Å². The monoisotopic (exact) mass is 235 g/mol. The first-order valence-electron chi connectivity index (χ1n) is 6.33. The Bertz CT molecular complexity index is 364. The van der Waals surface area contributed by atoms with Crippen LogP contribution in [-0.4, -0.2) is 28.2 Å². The Morgan fingerprint density at radius 1 is 1.12 bits per heavy atom. The van der Waals surface area contributed by atoms with Crippen molar-refractivity contribution in [2.24, 2.45) is 5.92 Å². The van der Waals surface area contributed by atoms with Crippen molar-refractivity contribution in [3.05, 3.63) is 23.8 Å². The van der Waals surface area contributed by atoms with E-state index in [9.17, 15) is 10.2 Å². The molecule has 1 unspecified atom stereocenters. The van der Waals surface area contributed by atoms with E-state index in [1.54, 1.807) is 12.1 Å². The second kappa shape index (κ2) is 4.96. The molecule has 1 aliphatic rings. The molecular weight excluding hydrogens is 214 g/mol. The van der Waals surface area contributed by atoms with Crippen molar-refractivity contribution in [3.63, 3.8) is 0 Å². The Kier molecular flexibility index (Phi) is 3.57. The summed E-state index contributed by atoms with van der Waals surface area (Å²) in [6.45, 7) is 6.61. The SMILES string of the molecule is CC1CCN(C(C)c2cc(O)cc(O)c2)CC1. The van der Waals surface area contributed by atoms with Crippen LogP contribution < -0.4 is 0 Å². The van der Waals surface area contributed by atoms with E-state index in [0.717, 1.165) is 24.6 Å². The van der Waals surface area contributed by atoms with Gasteiger partial charge in [0.15, 0.2) is 0 Å². The Balaban J connectivity index is 2.10. The van der Waals surface area contributed by atoms with Crippen LogP contribution in [0.4, 0.5) is 0 Å². The number of hydrogen-bond acceptors (Lipinski definition) is 3. The van der Waals surface area contributed by atoms with Crippen LogP contribution in [0.5, 0.6) is 11.5 Å². The van der Waals surface area contributed by atoms with Crippen LogP contribution >= 0.6 is 0 Å². The van der Waals surface area contributed by atoms with Gasteiger partial charge in [0.05, 0.1) is 0 Å². The van der Waals surface area contributed by atoms with Crippen molar-refractivity contribution in [2.75, 3.05) is 13.1 Å². The summed E-state index contributed by atoms with van der Waals surface area (Å²) in [5.41, 5.74) is 0.983. The Hall–Kier alpha value is -1.22. The lowest BCUT2D eigenvalue weighted by Gasteiger charge is -2.35. The first-order chi connectivity index (χ1) is 8.06. The van der Waals surface area contributed by atoms with E-state index in [4.69, 9.17) is 0 Å². The van der Waals surface area contributed by atoms with Gasteiger partial charge in [-0.15, -0.1) is 0 Å². The van der Waals surface area contributed by atoms with Gasteiger partial charge in [0.1, 0.15) is 11.5 Å². The maximum Gasteiger partial charge on any atom is 0.119 e. The van der Waals surface area contributed by atoms with Crippen molar-refractivity contribution in [3.8, 4) is 11.5 Å². The second-order valence-corrected chi connectivity index (χ2v) is 5.18. The predicted octanol–water partition coefficient (Wildman–Crippen LogP) is 2.89. The average Bonchev–Trinajstić information content (AvgIpc) is 2.28. The van der Waals surface area contributed by atoms with Gasteiger partial charge in [-0.25, -0.2) is 0 Å². The molecule has 3 heteroatoms. The quantitative estimate of drug-likeness (QED) is 0.828. The van der Waals surface area contributed by atoms with Crippen molar-refractivity contribution in [1.82, 2.24) is 4.90 Å². The van der Waals surface area contributed by atoms with Crippen LogP contribution in [-0.2, 0) is 0 Å². The minimum Gasteiger partial charge on any atom is -0.508 e. The van der Waals surface area contributed by atoms with E-state index in [0.29, 0.717) is 0 Å². The minimum atomic E-state index is 0.136. The summed E-state index contributed by atoms with van der Waals surface area (Å²) in [6, 6.07) is 5.10. The molecule has 94 valence electrons. The molecule has 0 bridgehead atoms. The molecule has 1 heterocycles. The van der Waals surface area contributed by atoms with Gasteiger partial charge in [-0.3, -0.25) is 4.90 Å². The molecule has 0 saturated carbocycles. The highest BCUT2D eigenvalue weighted by Crippen LogP contribution is 2.30. The van der Waals surface area contributed by atoms with Gasteiger partial charge in [0, 0.05) is 12.1 Å². The van der Waals surface area contributed by atoms with E-state index in [2.05, 4.69) is 18.7 Å². The van der Waals surface area contributed by atoms with Crippen LogP contribution in [0.25, 0.3) is 0 Å². The zero-order valence-electron chi connectivity index (χ0n) is 10.6. The van der Waals surface area contributed by atoms with Gasteiger partial charge >= 0.3 is 0 Å². The number of benzene rings is 1. The Morgan fingerprint density at radius 3 is 2.18 bits per heavy atom. The van der Waals surface area contributed by atoms with Crippen LogP contribution in [0, 0.1) is 5.92 Å². The van der Waals surface area contributed by atoms with E-state index in [-0.39, 0.29) is 17.5 Å². The van der Waals surface area contributed by atoms with E-state index < -0.39 is 0 Å². The van der Waals surface area contributed by atoms with Gasteiger partial charge < -0.3 is 10.2 Å². The molecule has 1 fully saturated rings. The number of piperidine rings is 1. The minimum absolute atomic E-state index is 0.136. The lowest BCUT2D eigenvalue weighted by Crippen LogP contribution is -2.34. The van der Waals surface area contributed by atoms with E-state index >= 15 is 0 Å². The Morgan fingerprint density at radius 2 is 1.65 bits per heavy atom. The van der Waals surface area contributed by atoms with Gasteiger partial charge in [0.2, 0.25) is 0 Å². The first kappa shape index (κ1) is 12.2. The van der Waals surface area contributed by atoms with Gasteiger partial charge in [-0.05, 0) is 56.5 Å². The normalized spacial score (nSPS) is 20.4. The summed E-state index contributed by atoms with van der Waals surface area (Å²) in [4.78, 5) is 2.41. The third-order valence-electron chi connectivity index (χ3n) is 3.77. The molecule has 0 radical (unpaired) electrons. The van der Waals surface area contributed by atoms with Crippen LogP contribution in [0.2, 0.25) is 0 Å². The first-order valence-corrected chi connectivity index (χ1v) is 6.33. The van der Waals surface area contributed by atoms with Gasteiger partial charge in [-0.1, -0.05) is 6.92 Å². The fourth-order valence-electron chi connectivity index (χ4n) is 2.49. The van der Waals surface area contributed by atoms with Gasteiger partial charge in [0.25, 0.3) is 0 Å². The molecule has 2 N–H and O–H groups in total. The number of phenolic OH excluding ortho intramolecular Hbond substituents is 2. The summed E-state index contributed by atoms with van der Waals surface area (Å²) >= 11 is 0. The number of likely N-dealkylation sites (tertiary alicyclic amines) is 1. The lowest BCUT2D eigenvalue weighted by atomic mass is 9.96. The number of hydrogen-bond donors (Lipinski definition) is 2. The fourth-order valence-corrected chi connectivity index (χ4v) is 2.49. The highest BCUT2D eigenvalue weighted by molar-refractivity contribution is 5.38. The molecule has 1 aliphatic heterocycles. The molecule has 1 saturated heterocycles. The van der Waals surface area contributed by atoms with E-state index in [1.807, 2.05) is 0 Å². The fraction of sp³-hybridized carbons (Fsp3) is 0.571. The number of aromatic hydroxyl groups is 2. The molecular formula is C14H21NO2. The van der Waals surface area contributed by atoms with Crippen molar-refractivity contribution in [1.29, 1.82) is 0 Å². The topological polar surface area (TPSA) is 43.7 Å². The third-order valence-corrected chi connectivity index (χ3v) is 3.77. The highest BCUT2D eigenvalue weighted by atomic mass is 16.3. The maximum absolute atomic E-state index is 9.50. The zero-order chi connectivity index (χ0) is 12.4. The molecule has 1 aromatic rings. The molecule has 0 spiro atoms. The molecule has 0 aromatic heterocycles. The van der Waals surface area contributed by atoms with Crippen molar-refractivity contribution < 1.29 is 10.2 Å². The van der Waals surface area contributed by atoms with Crippen molar-refractivity contribution in [2.45, 2.75) is 32.7 Å². The Labute approximate surface area is 103 Å². The molecule has 3 nitrogen and oxygen atoms in total. The summed E-state index contributed by atoms with van der Waals surface area (Å²) in [6.07, 6.45) is 2.46. The second-order valence-electron chi connectivity index (χ2n) is 5.18. The summed E-state index contributed by atoms with van der Waals surface area (Å²) in [5, 5.41) is 19.0. The predicted molar refractivity (Wildman–Crippen MR) is 68.2 cm³/mol. The summed E-state index contributed by atoms with van der Waals surface area (Å²) in [7, 11) is 0. The largest absolute Gasteiger partial charge is 0.508 e. The molecule has 17 heavy (non-hydrogen) atoms. The number of rotatable bonds is 2. The summed E-state index contributed by atoms with van der Waals surface area (Å²) in [5.74, 6) is 1.09. The highest BCUT2D eigenvalue weighted by Gasteiger charge is 2.21.